The van der Waals surface area contributed by atoms with E-state index in [0.717, 1.165) is 11.3 Å². The zero-order valence-corrected chi connectivity index (χ0v) is 14.6. The van der Waals surface area contributed by atoms with Gasteiger partial charge >= 0.3 is 0 Å². The highest BCUT2D eigenvalue weighted by molar-refractivity contribution is 14.3. The lowest BCUT2D eigenvalue weighted by Crippen LogP contribution is -1.78. The molecule has 0 saturated carbocycles. The van der Waals surface area contributed by atoms with Crippen LogP contribution in [0.3, 0.4) is 0 Å². The number of nitrogens with zero attached hydrogens (tertiary/aromatic N) is 2. The minimum atomic E-state index is -0.0574. The first-order valence-electron chi connectivity index (χ1n) is 4.65. The summed E-state index contributed by atoms with van der Waals surface area (Å²) < 4.78 is 2.05. The van der Waals surface area contributed by atoms with Crippen LogP contribution < -0.4 is 0 Å². The summed E-state index contributed by atoms with van der Waals surface area (Å²) in [4.78, 5) is 4.16. The molecule has 0 radical (unpaired) electrons. The standard InChI is InChI=1S/C11H7I2N2PS/c12-16(13)17-15-8-6-10(9-15)4-5-11-3-1-2-7-14-11/h1-3,6-9H. The molecule has 0 N–H and O–H groups in total. The Kier molecular flexibility index (Phi) is 5.60. The van der Waals surface area contributed by atoms with E-state index in [9.17, 15) is 0 Å². The SMILES string of the molecule is IP(I)Sn1ccc(C#Cc2ccccn2)c1. The molecule has 0 amide bonds. The van der Waals surface area contributed by atoms with Crippen LogP contribution in [0.1, 0.15) is 11.3 Å². The van der Waals surface area contributed by atoms with Gasteiger partial charge in [-0.05, 0) is 68.2 Å². The summed E-state index contributed by atoms with van der Waals surface area (Å²) in [6.45, 7) is 0. The van der Waals surface area contributed by atoms with Crippen molar-refractivity contribution in [1.29, 1.82) is 0 Å². The first-order chi connectivity index (χ1) is 8.24. The average molecular weight is 484 g/mol. The van der Waals surface area contributed by atoms with Crippen molar-refractivity contribution in [2.45, 2.75) is 0 Å². The molecule has 0 aromatic carbocycles. The lowest BCUT2D eigenvalue weighted by atomic mass is 10.3. The quantitative estimate of drug-likeness (QED) is 0.344. The zero-order valence-electron chi connectivity index (χ0n) is 8.55. The summed E-state index contributed by atoms with van der Waals surface area (Å²) in [5.41, 5.74) is 1.82. The summed E-state index contributed by atoms with van der Waals surface area (Å²) in [5, 5.41) is 0. The number of hydrogen-bond donors (Lipinski definition) is 0. The fourth-order valence-corrected chi connectivity index (χ4v) is 5.96. The summed E-state index contributed by atoms with van der Waals surface area (Å²) in [6, 6.07) is 7.77. The molecule has 2 rings (SSSR count). The summed E-state index contributed by atoms with van der Waals surface area (Å²) >= 11 is 6.68. The minimum absolute atomic E-state index is 0.0574. The first-order valence-corrected chi connectivity index (χ1v) is 12.9. The highest BCUT2D eigenvalue weighted by Gasteiger charge is 2.00. The maximum atomic E-state index is 4.16. The van der Waals surface area contributed by atoms with Crippen LogP contribution in [0.2, 0.25) is 0 Å². The van der Waals surface area contributed by atoms with E-state index >= 15 is 0 Å². The van der Waals surface area contributed by atoms with Crippen molar-refractivity contribution >= 4 is 58.1 Å². The molecule has 0 aliphatic rings. The molecule has 6 heteroatoms. The van der Waals surface area contributed by atoms with Crippen molar-refractivity contribution in [3.05, 3.63) is 54.1 Å². The van der Waals surface area contributed by atoms with Gasteiger partial charge in [-0.1, -0.05) is 12.0 Å². The van der Waals surface area contributed by atoms with E-state index in [-0.39, 0.29) is 2.41 Å². The smallest absolute Gasteiger partial charge is 0.113 e. The van der Waals surface area contributed by atoms with Crippen LogP contribution in [-0.2, 0) is 0 Å². The largest absolute Gasteiger partial charge is 0.293 e. The van der Waals surface area contributed by atoms with Gasteiger partial charge < -0.3 is 0 Å². The Morgan fingerprint density at radius 2 is 2.12 bits per heavy atom. The Balaban J connectivity index is 2.10. The van der Waals surface area contributed by atoms with E-state index in [1.807, 2.05) is 48.2 Å². The fraction of sp³-hybridized carbons (Fsp3) is 0. The minimum Gasteiger partial charge on any atom is -0.293 e. The van der Waals surface area contributed by atoms with E-state index in [0.29, 0.717) is 0 Å². The predicted molar refractivity (Wildman–Crippen MR) is 92.6 cm³/mol. The molecule has 2 aromatic heterocycles. The monoisotopic (exact) mass is 484 g/mol. The molecule has 0 unspecified atom stereocenters. The number of hydrogen-bond acceptors (Lipinski definition) is 2. The van der Waals surface area contributed by atoms with Gasteiger partial charge in [0.1, 0.15) is 8.10 Å². The van der Waals surface area contributed by atoms with Crippen LogP contribution in [0.4, 0.5) is 0 Å². The normalized spacial score (nSPS) is 10.1. The highest BCUT2D eigenvalue weighted by Crippen LogP contribution is 2.64. The molecule has 2 nitrogen and oxygen atoms in total. The second-order valence-corrected chi connectivity index (χ2v) is 20.8. The van der Waals surface area contributed by atoms with Crippen LogP contribution in [0.5, 0.6) is 0 Å². The lowest BCUT2D eigenvalue weighted by Gasteiger charge is -1.99. The maximum absolute atomic E-state index is 4.16. The van der Waals surface area contributed by atoms with Gasteiger partial charge in [0.2, 0.25) is 0 Å². The van der Waals surface area contributed by atoms with Crippen molar-refractivity contribution in [2.75, 3.05) is 0 Å². The number of halogens is 2. The summed E-state index contributed by atoms with van der Waals surface area (Å²) in [7, 11) is 0. The van der Waals surface area contributed by atoms with E-state index in [1.165, 1.54) is 0 Å². The van der Waals surface area contributed by atoms with Gasteiger partial charge in [-0.15, -0.1) is 0 Å². The van der Waals surface area contributed by atoms with Crippen molar-refractivity contribution in [3.63, 3.8) is 0 Å². The third-order valence-corrected chi connectivity index (χ3v) is 6.47. The Labute approximate surface area is 132 Å². The third kappa shape index (κ3) is 4.78. The van der Waals surface area contributed by atoms with Crippen LogP contribution in [-0.4, -0.2) is 8.96 Å². The van der Waals surface area contributed by atoms with Gasteiger partial charge in [0, 0.05) is 35.7 Å². The molecule has 0 aliphatic heterocycles. The predicted octanol–water partition coefficient (Wildman–Crippen LogP) is 4.88. The number of pyridine rings is 1. The van der Waals surface area contributed by atoms with Crippen molar-refractivity contribution in [1.82, 2.24) is 8.96 Å². The van der Waals surface area contributed by atoms with Crippen molar-refractivity contribution < 1.29 is 0 Å². The van der Waals surface area contributed by atoms with Gasteiger partial charge in [0.25, 0.3) is 0 Å². The van der Waals surface area contributed by atoms with Crippen molar-refractivity contribution in [2.24, 2.45) is 0 Å². The topological polar surface area (TPSA) is 17.8 Å². The zero-order chi connectivity index (χ0) is 12.1. The van der Waals surface area contributed by atoms with Gasteiger partial charge in [0.15, 0.2) is 0 Å². The van der Waals surface area contributed by atoms with E-state index in [4.69, 9.17) is 0 Å². The molecule has 0 fully saturated rings. The second kappa shape index (κ2) is 6.98. The average Bonchev–Trinajstić information content (AvgIpc) is 2.75. The third-order valence-electron chi connectivity index (χ3n) is 1.82. The van der Waals surface area contributed by atoms with Gasteiger partial charge in [-0.25, -0.2) is 4.98 Å². The molecule has 0 spiro atoms. The maximum Gasteiger partial charge on any atom is 0.113 e. The Hall–Kier alpha value is 0.230. The molecule has 0 atom stereocenters. The van der Waals surface area contributed by atoms with Crippen LogP contribution in [0, 0.1) is 11.8 Å². The van der Waals surface area contributed by atoms with Crippen LogP contribution in [0.25, 0.3) is 0 Å². The van der Waals surface area contributed by atoms with Gasteiger partial charge in [-0.2, -0.15) is 0 Å². The van der Waals surface area contributed by atoms with E-state index in [2.05, 4.69) is 64.9 Å². The fourth-order valence-electron chi connectivity index (χ4n) is 1.15. The molecular formula is C11H7I2N2PS. The van der Waals surface area contributed by atoms with E-state index < -0.39 is 0 Å². The molecular weight excluding hydrogens is 477 g/mol. The molecule has 86 valence electrons. The van der Waals surface area contributed by atoms with Crippen LogP contribution >= 0.6 is 58.1 Å². The number of aromatic nitrogens is 2. The molecule has 17 heavy (non-hydrogen) atoms. The Bertz CT molecular complexity index is 545. The van der Waals surface area contributed by atoms with Gasteiger partial charge in [0.05, 0.1) is 0 Å². The molecule has 0 saturated heterocycles. The summed E-state index contributed by atoms with van der Waals surface area (Å²) in [5.74, 6) is 6.16. The molecule has 2 aromatic rings. The van der Waals surface area contributed by atoms with Crippen LogP contribution in [0.15, 0.2) is 42.9 Å². The highest BCUT2D eigenvalue weighted by atomic mass is 127. The first kappa shape index (κ1) is 13.7. The second-order valence-electron chi connectivity index (χ2n) is 3.01. The number of rotatable bonds is 2. The Morgan fingerprint density at radius 3 is 2.82 bits per heavy atom. The summed E-state index contributed by atoms with van der Waals surface area (Å²) in [6.07, 6.45) is 5.84. The molecule has 0 bridgehead atoms. The van der Waals surface area contributed by atoms with Gasteiger partial charge in [-0.3, -0.25) is 3.97 Å². The molecule has 0 aliphatic carbocycles. The van der Waals surface area contributed by atoms with E-state index in [1.54, 1.807) is 6.20 Å². The lowest BCUT2D eigenvalue weighted by molar-refractivity contribution is 1.29. The van der Waals surface area contributed by atoms with Crippen molar-refractivity contribution in [3.8, 4) is 11.8 Å². The Morgan fingerprint density at radius 1 is 1.24 bits per heavy atom. The molecule has 2 heterocycles.